The number of hydrogen-bond acceptors (Lipinski definition) is 6. The minimum absolute atomic E-state index is 0.0368. The highest BCUT2D eigenvalue weighted by atomic mass is 32.1. The van der Waals surface area contributed by atoms with Crippen molar-refractivity contribution in [1.82, 2.24) is 0 Å². The van der Waals surface area contributed by atoms with Crippen molar-refractivity contribution < 1.29 is 28.6 Å². The number of aromatic hydroxyl groups is 1. The number of anilines is 1. The second-order valence-electron chi connectivity index (χ2n) is 7.33. The molecule has 2 N–H and O–H groups in total. The molecule has 8 heteroatoms. The molecule has 0 fully saturated rings. The smallest absolute Gasteiger partial charge is 0.412 e. The Morgan fingerprint density at radius 3 is 2.62 bits per heavy atom. The van der Waals surface area contributed by atoms with Gasteiger partial charge in [0.05, 0.1) is 18.0 Å². The topological polar surface area (TPSA) is 84.9 Å². The highest BCUT2D eigenvalue weighted by Crippen LogP contribution is 2.32. The molecular formula is C24H24FNO5S. The predicted octanol–water partition coefficient (Wildman–Crippen LogP) is 5.47. The van der Waals surface area contributed by atoms with Crippen LogP contribution in [0.25, 0.3) is 10.8 Å². The molecule has 0 heterocycles. The molecular weight excluding hydrogens is 433 g/mol. The van der Waals surface area contributed by atoms with Crippen molar-refractivity contribution in [2.75, 3.05) is 17.7 Å². The molecule has 3 aromatic rings. The Labute approximate surface area is 190 Å². The van der Waals surface area contributed by atoms with Crippen LogP contribution in [0, 0.1) is 11.7 Å². The summed E-state index contributed by atoms with van der Waals surface area (Å²) in [5.41, 5.74) is 0.959. The van der Waals surface area contributed by atoms with Gasteiger partial charge in [0, 0.05) is 11.3 Å². The van der Waals surface area contributed by atoms with Crippen molar-refractivity contribution in [2.24, 2.45) is 5.92 Å². The first-order valence-corrected chi connectivity index (χ1v) is 10.7. The van der Waals surface area contributed by atoms with E-state index in [1.807, 2.05) is 36.4 Å². The van der Waals surface area contributed by atoms with E-state index in [0.29, 0.717) is 17.7 Å². The van der Waals surface area contributed by atoms with E-state index in [1.54, 1.807) is 13.0 Å². The minimum atomic E-state index is -0.838. The fourth-order valence-electron chi connectivity index (χ4n) is 3.36. The maximum atomic E-state index is 14.0. The van der Waals surface area contributed by atoms with Crippen LogP contribution in [0.3, 0.4) is 0 Å². The van der Waals surface area contributed by atoms with Gasteiger partial charge in [0.1, 0.15) is 6.10 Å². The second-order valence-corrected chi connectivity index (χ2v) is 7.65. The van der Waals surface area contributed by atoms with Gasteiger partial charge in [0.25, 0.3) is 0 Å². The van der Waals surface area contributed by atoms with Crippen LogP contribution in [0.5, 0.6) is 5.75 Å². The Hall–Kier alpha value is -3.26. The lowest BCUT2D eigenvalue weighted by Gasteiger charge is -2.25. The third-order valence-electron chi connectivity index (χ3n) is 5.04. The molecule has 32 heavy (non-hydrogen) atoms. The predicted molar refractivity (Wildman–Crippen MR) is 123 cm³/mol. The number of phenols is 1. The van der Waals surface area contributed by atoms with E-state index in [4.69, 9.17) is 9.47 Å². The first-order chi connectivity index (χ1) is 15.4. The molecule has 0 radical (unpaired) electrons. The van der Waals surface area contributed by atoms with Crippen LogP contribution in [0.15, 0.2) is 60.7 Å². The lowest BCUT2D eigenvalue weighted by Crippen LogP contribution is -2.23. The number of hydrogen-bond donors (Lipinski definition) is 3. The number of carbonyl (C=O) groups excluding carboxylic acids is 2. The Morgan fingerprint density at radius 2 is 1.88 bits per heavy atom. The maximum Gasteiger partial charge on any atom is 0.412 e. The number of fused-ring (bicyclic) bond motifs is 1. The number of rotatable bonds is 8. The highest BCUT2D eigenvalue weighted by Gasteiger charge is 2.25. The zero-order valence-electron chi connectivity index (χ0n) is 17.5. The summed E-state index contributed by atoms with van der Waals surface area (Å²) in [6, 6.07) is 16.9. The van der Waals surface area contributed by atoms with Crippen molar-refractivity contribution in [3.8, 4) is 5.75 Å². The molecule has 1 amide bonds. The van der Waals surface area contributed by atoms with E-state index < -0.39 is 29.7 Å². The Bertz CT molecular complexity index is 1100. The zero-order chi connectivity index (χ0) is 23.1. The molecule has 3 rings (SSSR count). The van der Waals surface area contributed by atoms with Crippen LogP contribution in [-0.2, 0) is 14.3 Å². The van der Waals surface area contributed by atoms with Gasteiger partial charge < -0.3 is 14.6 Å². The van der Waals surface area contributed by atoms with Gasteiger partial charge in [-0.25, -0.2) is 9.18 Å². The zero-order valence-corrected chi connectivity index (χ0v) is 18.3. The van der Waals surface area contributed by atoms with Crippen LogP contribution >= 0.6 is 12.6 Å². The number of phenolic OH excluding ortho intramolecular Hbond substituents is 1. The van der Waals surface area contributed by atoms with Gasteiger partial charge in [-0.05, 0) is 35.6 Å². The number of nitrogens with one attached hydrogen (secondary N) is 1. The van der Waals surface area contributed by atoms with Crippen LogP contribution < -0.4 is 5.32 Å². The van der Waals surface area contributed by atoms with Crippen molar-refractivity contribution in [1.29, 1.82) is 0 Å². The molecule has 2 atom stereocenters. The van der Waals surface area contributed by atoms with Gasteiger partial charge in [-0.3, -0.25) is 10.1 Å². The molecule has 168 valence electrons. The summed E-state index contributed by atoms with van der Waals surface area (Å²) in [6.45, 7) is 1.90. The monoisotopic (exact) mass is 457 g/mol. The number of esters is 1. The molecule has 0 bridgehead atoms. The molecule has 0 saturated heterocycles. The minimum Gasteiger partial charge on any atom is -0.505 e. The fourth-order valence-corrected chi connectivity index (χ4v) is 3.45. The first-order valence-electron chi connectivity index (χ1n) is 10.1. The first kappa shape index (κ1) is 23.4. The highest BCUT2D eigenvalue weighted by molar-refractivity contribution is 7.81. The third kappa shape index (κ3) is 5.91. The van der Waals surface area contributed by atoms with E-state index >= 15 is 0 Å². The van der Waals surface area contributed by atoms with Crippen molar-refractivity contribution in [3.63, 3.8) is 0 Å². The Balaban J connectivity index is 1.78. The molecule has 0 aliphatic rings. The number of ether oxygens (including phenoxy) is 2. The van der Waals surface area contributed by atoms with E-state index in [1.165, 1.54) is 12.1 Å². The summed E-state index contributed by atoms with van der Waals surface area (Å²) in [5, 5.41) is 14.1. The summed E-state index contributed by atoms with van der Waals surface area (Å²) < 4.78 is 24.7. The van der Waals surface area contributed by atoms with Crippen molar-refractivity contribution in [3.05, 3.63) is 72.0 Å². The number of thiol groups is 1. The average molecular weight is 458 g/mol. The Morgan fingerprint density at radius 1 is 1.12 bits per heavy atom. The van der Waals surface area contributed by atoms with Crippen LogP contribution in [0.1, 0.15) is 25.0 Å². The van der Waals surface area contributed by atoms with Gasteiger partial charge in [-0.2, -0.15) is 12.6 Å². The van der Waals surface area contributed by atoms with Crippen molar-refractivity contribution >= 4 is 41.2 Å². The molecule has 0 aliphatic heterocycles. The van der Waals surface area contributed by atoms with Gasteiger partial charge in [-0.1, -0.05) is 49.4 Å². The molecule has 0 aromatic heterocycles. The summed E-state index contributed by atoms with van der Waals surface area (Å²) in [5.74, 6) is -2.13. The third-order valence-corrected chi connectivity index (χ3v) is 5.30. The summed E-state index contributed by atoms with van der Waals surface area (Å²) in [6.07, 6.45) is -1.18. The Kier molecular flexibility index (Phi) is 7.94. The van der Waals surface area contributed by atoms with E-state index in [9.17, 15) is 19.1 Å². The molecule has 0 unspecified atom stereocenters. The van der Waals surface area contributed by atoms with Gasteiger partial charge >= 0.3 is 12.1 Å². The second kappa shape index (κ2) is 10.9. The molecule has 3 aromatic carbocycles. The largest absolute Gasteiger partial charge is 0.505 e. The van der Waals surface area contributed by atoms with E-state index in [0.717, 1.165) is 16.8 Å². The fraction of sp³-hybridized carbons (Fsp3) is 0.250. The van der Waals surface area contributed by atoms with E-state index in [-0.39, 0.29) is 18.3 Å². The molecule has 0 spiro atoms. The SMILES string of the molecule is C[C@H](CCOC(=O)CS)[C@H](OC(=O)Nc1cccc2ccccc12)c1ccc(O)c(F)c1. The summed E-state index contributed by atoms with van der Waals surface area (Å²) >= 11 is 3.86. The summed E-state index contributed by atoms with van der Waals surface area (Å²) in [4.78, 5) is 24.1. The number of benzene rings is 3. The van der Waals surface area contributed by atoms with Gasteiger partial charge in [-0.15, -0.1) is 0 Å². The summed E-state index contributed by atoms with van der Waals surface area (Å²) in [7, 11) is 0. The standard InChI is InChI=1S/C24H24FNO5S/c1-15(11-12-30-22(28)14-32)23(17-9-10-21(27)19(25)13-17)31-24(29)26-20-8-4-6-16-5-2-3-7-18(16)20/h2-10,13,15,23,27,32H,11-12,14H2,1H3,(H,26,29)/t15-,23+/m1/s1. The van der Waals surface area contributed by atoms with E-state index in [2.05, 4.69) is 17.9 Å². The number of amides is 1. The molecule has 0 saturated carbocycles. The lowest BCUT2D eigenvalue weighted by molar-refractivity contribution is -0.141. The number of halogens is 1. The quantitative estimate of drug-likeness (QED) is 0.308. The van der Waals surface area contributed by atoms with Crippen LogP contribution in [0.2, 0.25) is 0 Å². The normalized spacial score (nSPS) is 12.7. The average Bonchev–Trinajstić information content (AvgIpc) is 2.79. The molecule has 6 nitrogen and oxygen atoms in total. The van der Waals surface area contributed by atoms with Crippen LogP contribution in [0.4, 0.5) is 14.9 Å². The maximum absolute atomic E-state index is 14.0. The molecule has 0 aliphatic carbocycles. The van der Waals surface area contributed by atoms with Gasteiger partial charge in [0.2, 0.25) is 0 Å². The van der Waals surface area contributed by atoms with Crippen molar-refractivity contribution in [2.45, 2.75) is 19.4 Å². The van der Waals surface area contributed by atoms with Crippen LogP contribution in [-0.4, -0.2) is 29.5 Å². The number of carbonyl (C=O) groups is 2. The van der Waals surface area contributed by atoms with Gasteiger partial charge in [0.15, 0.2) is 11.6 Å². The lowest BCUT2D eigenvalue weighted by atomic mass is 9.94.